The van der Waals surface area contributed by atoms with Gasteiger partial charge < -0.3 is 10.1 Å². The zero-order chi connectivity index (χ0) is 19.8. The third kappa shape index (κ3) is 3.04. The molecule has 5 rings (SSSR count). The number of benzene rings is 1. The van der Waals surface area contributed by atoms with Crippen molar-refractivity contribution in [3.63, 3.8) is 0 Å². The number of hydrogen-bond donors (Lipinski definition) is 1. The van der Waals surface area contributed by atoms with E-state index < -0.39 is 0 Å². The number of nitrogens with zero attached hydrogens (tertiary/aromatic N) is 6. The first-order valence-electron chi connectivity index (χ1n) is 9.27. The Bertz CT molecular complexity index is 1290. The van der Waals surface area contributed by atoms with Gasteiger partial charge in [-0.1, -0.05) is 30.3 Å². The number of anilines is 1. The van der Waals surface area contributed by atoms with Crippen molar-refractivity contribution in [2.24, 2.45) is 0 Å². The Labute approximate surface area is 166 Å². The molecule has 1 aromatic carbocycles. The lowest BCUT2D eigenvalue weighted by Gasteiger charge is -2.15. The first-order chi connectivity index (χ1) is 14.2. The molecule has 1 N–H and O–H groups in total. The first kappa shape index (κ1) is 17.2. The van der Waals surface area contributed by atoms with Crippen LogP contribution in [0, 0.1) is 0 Å². The van der Waals surface area contributed by atoms with E-state index in [1.54, 1.807) is 24.0 Å². The number of rotatable bonds is 5. The quantitative estimate of drug-likeness (QED) is 0.498. The molecule has 5 aromatic rings. The van der Waals surface area contributed by atoms with Crippen molar-refractivity contribution in [3.8, 4) is 17.0 Å². The highest BCUT2D eigenvalue weighted by atomic mass is 16.5. The first-order valence-corrected chi connectivity index (χ1v) is 9.27. The summed E-state index contributed by atoms with van der Waals surface area (Å²) in [7, 11) is 1.61. The second-order valence-electron chi connectivity index (χ2n) is 6.72. The van der Waals surface area contributed by atoms with Crippen molar-refractivity contribution in [2.75, 3.05) is 12.4 Å². The van der Waals surface area contributed by atoms with E-state index in [-0.39, 0.29) is 6.04 Å². The lowest BCUT2D eigenvalue weighted by atomic mass is 10.1. The van der Waals surface area contributed by atoms with E-state index in [1.807, 2.05) is 47.3 Å². The Morgan fingerprint density at radius 1 is 1.07 bits per heavy atom. The minimum atomic E-state index is 0.0567. The van der Waals surface area contributed by atoms with Crippen molar-refractivity contribution >= 4 is 17.2 Å². The van der Waals surface area contributed by atoms with Crippen molar-refractivity contribution in [3.05, 3.63) is 72.9 Å². The molecule has 0 radical (unpaired) electrons. The topological polar surface area (TPSA) is 81.6 Å². The van der Waals surface area contributed by atoms with Crippen LogP contribution in [0.3, 0.4) is 0 Å². The fourth-order valence-electron chi connectivity index (χ4n) is 3.40. The Balaban J connectivity index is 1.55. The third-order valence-corrected chi connectivity index (χ3v) is 4.87. The molecule has 0 bridgehead atoms. The van der Waals surface area contributed by atoms with Crippen molar-refractivity contribution in [2.45, 2.75) is 13.0 Å². The predicted molar refractivity (Wildman–Crippen MR) is 110 cm³/mol. The van der Waals surface area contributed by atoms with Crippen LogP contribution in [0.4, 0.5) is 5.95 Å². The predicted octanol–water partition coefficient (Wildman–Crippen LogP) is 3.62. The molecule has 1 atom stereocenters. The Morgan fingerprint density at radius 2 is 1.93 bits per heavy atom. The van der Waals surface area contributed by atoms with E-state index in [4.69, 9.17) is 4.74 Å². The summed E-state index contributed by atoms with van der Waals surface area (Å²) in [5, 5.41) is 7.97. The lowest BCUT2D eigenvalue weighted by molar-refractivity contribution is 0.399. The van der Waals surface area contributed by atoms with Gasteiger partial charge in [-0.15, -0.1) is 5.10 Å². The van der Waals surface area contributed by atoms with Crippen LogP contribution in [0.15, 0.2) is 67.4 Å². The molecular weight excluding hydrogens is 366 g/mol. The van der Waals surface area contributed by atoms with Crippen LogP contribution in [-0.2, 0) is 0 Å². The van der Waals surface area contributed by atoms with Crippen LogP contribution >= 0.6 is 0 Å². The number of aromatic nitrogens is 6. The smallest absolute Gasteiger partial charge is 0.244 e. The molecule has 0 aliphatic heterocycles. The molecule has 0 saturated carbocycles. The molecule has 144 valence electrons. The SMILES string of the molecule is COc1nc(NC(C)c2ccccc2)nn2ccc(-c3cnc4nccn4c3)c12. The molecule has 0 aliphatic rings. The average molecular weight is 385 g/mol. The fourth-order valence-corrected chi connectivity index (χ4v) is 3.40. The summed E-state index contributed by atoms with van der Waals surface area (Å²) in [4.78, 5) is 13.2. The highest BCUT2D eigenvalue weighted by molar-refractivity contribution is 5.84. The average Bonchev–Trinajstić information content (AvgIpc) is 3.40. The van der Waals surface area contributed by atoms with E-state index in [9.17, 15) is 0 Å². The van der Waals surface area contributed by atoms with Gasteiger partial charge in [0.2, 0.25) is 17.6 Å². The number of hydrogen-bond acceptors (Lipinski definition) is 6. The molecule has 29 heavy (non-hydrogen) atoms. The minimum absolute atomic E-state index is 0.0567. The van der Waals surface area contributed by atoms with Crippen LogP contribution in [-0.4, -0.2) is 36.1 Å². The van der Waals surface area contributed by atoms with E-state index in [1.165, 1.54) is 0 Å². The molecule has 8 nitrogen and oxygen atoms in total. The molecule has 0 amide bonds. The number of fused-ring (bicyclic) bond motifs is 2. The molecule has 0 saturated heterocycles. The van der Waals surface area contributed by atoms with Gasteiger partial charge >= 0.3 is 0 Å². The number of imidazole rings is 1. The van der Waals surface area contributed by atoms with Crippen LogP contribution in [0.25, 0.3) is 22.4 Å². The maximum absolute atomic E-state index is 5.60. The van der Waals surface area contributed by atoms with Crippen LogP contribution < -0.4 is 10.1 Å². The van der Waals surface area contributed by atoms with Gasteiger partial charge in [0.05, 0.1) is 13.2 Å². The Kier molecular flexibility index (Phi) is 4.09. The Hall–Kier alpha value is -3.94. The molecule has 0 spiro atoms. The molecule has 0 fully saturated rings. The number of methoxy groups -OCH3 is 1. The molecule has 1 unspecified atom stereocenters. The molecule has 4 heterocycles. The highest BCUT2D eigenvalue weighted by Crippen LogP contribution is 2.31. The summed E-state index contributed by atoms with van der Waals surface area (Å²) in [5.74, 6) is 1.64. The molecular formula is C21H19N7O. The second kappa shape index (κ2) is 6.90. The lowest BCUT2D eigenvalue weighted by Crippen LogP contribution is -2.12. The standard InChI is InChI=1S/C21H19N7O/c1-14(15-6-4-3-5-7-15)24-20-25-19(29-2)18-17(8-10-28(18)26-20)16-12-23-21-22-9-11-27(21)13-16/h3-14H,1-2H3,(H,24,26). The summed E-state index contributed by atoms with van der Waals surface area (Å²) in [6.07, 6.45) is 9.25. The van der Waals surface area contributed by atoms with Crippen LogP contribution in [0.2, 0.25) is 0 Å². The van der Waals surface area contributed by atoms with Crippen LogP contribution in [0.5, 0.6) is 5.88 Å². The minimum Gasteiger partial charge on any atom is -0.479 e. The summed E-state index contributed by atoms with van der Waals surface area (Å²) in [6, 6.07) is 12.2. The number of nitrogens with one attached hydrogen (secondary N) is 1. The van der Waals surface area contributed by atoms with Gasteiger partial charge in [-0.3, -0.25) is 4.40 Å². The van der Waals surface area contributed by atoms with Crippen molar-refractivity contribution < 1.29 is 4.74 Å². The molecule has 0 aliphatic carbocycles. The molecule has 8 heteroatoms. The monoisotopic (exact) mass is 385 g/mol. The van der Waals surface area contributed by atoms with E-state index in [2.05, 4.69) is 44.4 Å². The van der Waals surface area contributed by atoms with E-state index >= 15 is 0 Å². The van der Waals surface area contributed by atoms with Gasteiger partial charge in [0.25, 0.3) is 0 Å². The summed E-state index contributed by atoms with van der Waals surface area (Å²) < 4.78 is 9.25. The third-order valence-electron chi connectivity index (χ3n) is 4.87. The maximum Gasteiger partial charge on any atom is 0.244 e. The van der Waals surface area contributed by atoms with Crippen molar-refractivity contribution in [1.29, 1.82) is 0 Å². The maximum atomic E-state index is 5.60. The van der Waals surface area contributed by atoms with E-state index in [0.717, 1.165) is 22.2 Å². The van der Waals surface area contributed by atoms with Gasteiger partial charge in [0, 0.05) is 42.1 Å². The summed E-state index contributed by atoms with van der Waals surface area (Å²) >= 11 is 0. The Morgan fingerprint density at radius 3 is 2.76 bits per heavy atom. The fraction of sp³-hybridized carbons (Fsp3) is 0.143. The normalized spacial score (nSPS) is 12.3. The largest absolute Gasteiger partial charge is 0.479 e. The van der Waals surface area contributed by atoms with Gasteiger partial charge in [0.1, 0.15) is 5.52 Å². The summed E-state index contributed by atoms with van der Waals surface area (Å²) in [6.45, 7) is 2.07. The second-order valence-corrected chi connectivity index (χ2v) is 6.72. The zero-order valence-corrected chi connectivity index (χ0v) is 16.0. The molecule has 4 aromatic heterocycles. The van der Waals surface area contributed by atoms with Crippen LogP contribution in [0.1, 0.15) is 18.5 Å². The van der Waals surface area contributed by atoms with Gasteiger partial charge in [-0.2, -0.15) is 4.98 Å². The summed E-state index contributed by atoms with van der Waals surface area (Å²) in [5.41, 5.74) is 3.81. The highest BCUT2D eigenvalue weighted by Gasteiger charge is 2.17. The van der Waals surface area contributed by atoms with Gasteiger partial charge in [-0.25, -0.2) is 14.5 Å². The van der Waals surface area contributed by atoms with Gasteiger partial charge in [-0.05, 0) is 18.6 Å². The van der Waals surface area contributed by atoms with E-state index in [0.29, 0.717) is 17.6 Å². The number of ether oxygens (including phenoxy) is 1. The zero-order valence-electron chi connectivity index (χ0n) is 16.0. The van der Waals surface area contributed by atoms with Gasteiger partial charge in [0.15, 0.2) is 0 Å². The van der Waals surface area contributed by atoms with Crippen molar-refractivity contribution in [1.82, 2.24) is 29.0 Å².